The summed E-state index contributed by atoms with van der Waals surface area (Å²) in [5.41, 5.74) is 2.80. The van der Waals surface area contributed by atoms with Gasteiger partial charge >= 0.3 is 0 Å². The molecule has 0 unspecified atom stereocenters. The lowest BCUT2D eigenvalue weighted by molar-refractivity contribution is 1.35. The van der Waals surface area contributed by atoms with Gasteiger partial charge in [-0.1, -0.05) is 64.8 Å². The molecule has 0 bridgehead atoms. The first-order valence-corrected chi connectivity index (χ1v) is 7.06. The summed E-state index contributed by atoms with van der Waals surface area (Å²) >= 11 is 0. The first-order valence-electron chi connectivity index (χ1n) is 5.36. The molecule has 0 saturated carbocycles. The van der Waals surface area contributed by atoms with Gasteiger partial charge in [0.25, 0.3) is 0 Å². The van der Waals surface area contributed by atoms with Gasteiger partial charge in [-0.3, -0.25) is 0 Å². The fourth-order valence-electron chi connectivity index (χ4n) is 1.62. The Morgan fingerprint density at radius 1 is 1.07 bits per heavy atom. The Hall–Kier alpha value is -1.34. The predicted octanol–water partition coefficient (Wildman–Crippen LogP) is 1.79. The van der Waals surface area contributed by atoms with Crippen molar-refractivity contribution < 1.29 is 0 Å². The summed E-state index contributed by atoms with van der Waals surface area (Å²) in [6.45, 7) is 2.13. The molecule has 0 aliphatic heterocycles. The molecule has 1 heteroatoms. The van der Waals surface area contributed by atoms with Crippen molar-refractivity contribution in [2.75, 3.05) is 0 Å². The maximum atomic E-state index is 3.31. The van der Waals surface area contributed by atoms with Crippen LogP contribution in [0.3, 0.4) is 0 Å². The molecule has 0 fully saturated rings. The van der Waals surface area contributed by atoms with Crippen LogP contribution in [0.25, 0.3) is 0 Å². The third-order valence-electron chi connectivity index (χ3n) is 2.58. The zero-order valence-corrected chi connectivity index (χ0v) is 10.4. The molecule has 0 amide bonds. The van der Waals surface area contributed by atoms with Crippen LogP contribution in [-0.4, -0.2) is 9.52 Å². The highest BCUT2D eigenvalue weighted by molar-refractivity contribution is 6.52. The minimum atomic E-state index is -0.178. The lowest BCUT2D eigenvalue weighted by atomic mass is 10.2. The summed E-state index contributed by atoms with van der Waals surface area (Å²) in [5.74, 6) is 0. The first-order chi connectivity index (χ1) is 7.34. The second-order valence-corrected chi connectivity index (χ2v) is 5.64. The fourth-order valence-corrected chi connectivity index (χ4v) is 3.08. The molecule has 0 spiro atoms. The lowest BCUT2D eigenvalue weighted by Crippen LogP contribution is -2.16. The number of aryl methyl sites for hydroxylation is 1. The minimum absolute atomic E-state index is 0.178. The zero-order valence-electron chi connectivity index (χ0n) is 9.03. The fraction of sp³-hybridized carbons (Fsp3) is 0.143. The Morgan fingerprint density at radius 3 is 2.53 bits per heavy atom. The number of hydrogen-bond acceptors (Lipinski definition) is 0. The highest BCUT2D eigenvalue weighted by Gasteiger charge is 1.95. The number of benzene rings is 2. The average molecular weight is 211 g/mol. The van der Waals surface area contributed by atoms with Gasteiger partial charge in [0.15, 0.2) is 0 Å². The van der Waals surface area contributed by atoms with Crippen molar-refractivity contribution in [1.82, 2.24) is 0 Å². The summed E-state index contributed by atoms with van der Waals surface area (Å²) in [5, 5.41) is 1.43. The second kappa shape index (κ2) is 4.94. The summed E-state index contributed by atoms with van der Waals surface area (Å²) < 4.78 is 0. The van der Waals surface area contributed by atoms with E-state index in [0.29, 0.717) is 0 Å². The van der Waals surface area contributed by atoms with Crippen LogP contribution in [0.1, 0.15) is 11.1 Å². The maximum Gasteiger partial charge on any atom is 0.0598 e. The van der Waals surface area contributed by atoms with Gasteiger partial charge < -0.3 is 0 Å². The van der Waals surface area contributed by atoms with Crippen LogP contribution >= 0.6 is 0 Å². The second-order valence-electron chi connectivity index (χ2n) is 3.87. The van der Waals surface area contributed by atoms with E-state index in [0.717, 1.165) is 0 Å². The molecular weight excluding hydrogens is 196 g/mol. The summed E-state index contributed by atoms with van der Waals surface area (Å²) in [4.78, 5) is 0. The van der Waals surface area contributed by atoms with Crippen molar-refractivity contribution in [3.63, 3.8) is 0 Å². The standard InChI is InChI=1S/C14H15Si/c1-12-7-9-13(10-8-12)11-15-14-5-3-2-4-6-14/h2-5,7-10H,11,15H2,1H3. The van der Waals surface area contributed by atoms with Gasteiger partial charge in [-0.2, -0.15) is 0 Å². The molecule has 2 aromatic rings. The van der Waals surface area contributed by atoms with Crippen molar-refractivity contribution in [2.24, 2.45) is 0 Å². The van der Waals surface area contributed by atoms with E-state index >= 15 is 0 Å². The van der Waals surface area contributed by atoms with Crippen molar-refractivity contribution in [3.05, 3.63) is 65.7 Å². The van der Waals surface area contributed by atoms with Crippen molar-refractivity contribution in [2.45, 2.75) is 13.0 Å². The lowest BCUT2D eigenvalue weighted by Gasteiger charge is -2.01. The molecule has 15 heavy (non-hydrogen) atoms. The van der Waals surface area contributed by atoms with E-state index in [4.69, 9.17) is 0 Å². The quantitative estimate of drug-likeness (QED) is 0.679. The summed E-state index contributed by atoms with van der Waals surface area (Å²) in [7, 11) is -0.178. The molecule has 0 nitrogen and oxygen atoms in total. The normalized spacial score (nSPS) is 11.0. The van der Waals surface area contributed by atoms with Crippen LogP contribution < -0.4 is 5.19 Å². The largest absolute Gasteiger partial charge is 0.0631 e. The molecule has 0 atom stereocenters. The van der Waals surface area contributed by atoms with Gasteiger partial charge in [-0.25, -0.2) is 0 Å². The SMILES string of the molecule is Cc1ccc(C[SiH2]c2[c]cccc2)cc1. The van der Waals surface area contributed by atoms with Crippen LogP contribution in [0.4, 0.5) is 0 Å². The monoisotopic (exact) mass is 211 g/mol. The summed E-state index contributed by atoms with van der Waals surface area (Å²) in [6.07, 6.45) is 0. The molecule has 0 heterocycles. The van der Waals surface area contributed by atoms with Crippen LogP contribution in [0.5, 0.6) is 0 Å². The van der Waals surface area contributed by atoms with Crippen LogP contribution in [0, 0.1) is 13.0 Å². The van der Waals surface area contributed by atoms with E-state index < -0.39 is 0 Å². The first kappa shape index (κ1) is 10.2. The Bertz CT molecular complexity index is 403. The zero-order chi connectivity index (χ0) is 10.5. The van der Waals surface area contributed by atoms with E-state index in [2.05, 4.69) is 49.4 Å². The molecule has 0 N–H and O–H groups in total. The molecular formula is C14H15Si. The molecule has 75 valence electrons. The average Bonchev–Trinajstić information content (AvgIpc) is 2.30. The van der Waals surface area contributed by atoms with E-state index in [9.17, 15) is 0 Å². The number of rotatable bonds is 3. The highest BCUT2D eigenvalue weighted by atomic mass is 28.2. The summed E-state index contributed by atoms with van der Waals surface area (Å²) in [6, 6.07) is 21.8. The minimum Gasteiger partial charge on any atom is -0.0631 e. The number of hydrogen-bond donors (Lipinski definition) is 0. The van der Waals surface area contributed by atoms with Crippen LogP contribution in [0.15, 0.2) is 48.5 Å². The molecule has 0 aliphatic rings. The molecule has 0 aromatic heterocycles. The molecule has 2 aromatic carbocycles. The van der Waals surface area contributed by atoms with Gasteiger partial charge in [0, 0.05) is 0 Å². The van der Waals surface area contributed by atoms with Gasteiger partial charge in [0.05, 0.1) is 9.52 Å². The van der Waals surface area contributed by atoms with Gasteiger partial charge in [-0.15, -0.1) is 0 Å². The van der Waals surface area contributed by atoms with Gasteiger partial charge in [0.1, 0.15) is 0 Å². The topological polar surface area (TPSA) is 0 Å². The highest BCUT2D eigenvalue weighted by Crippen LogP contribution is 2.02. The van der Waals surface area contributed by atoms with Crippen molar-refractivity contribution >= 4 is 14.7 Å². The van der Waals surface area contributed by atoms with E-state index in [1.807, 2.05) is 12.1 Å². The van der Waals surface area contributed by atoms with Crippen LogP contribution in [0.2, 0.25) is 0 Å². The molecule has 0 aliphatic carbocycles. The molecule has 1 radical (unpaired) electrons. The van der Waals surface area contributed by atoms with Crippen LogP contribution in [-0.2, 0) is 6.04 Å². The Kier molecular flexibility index (Phi) is 3.35. The third kappa shape index (κ3) is 3.06. The maximum absolute atomic E-state index is 3.31. The molecule has 0 saturated heterocycles. The van der Waals surface area contributed by atoms with Gasteiger partial charge in [-0.05, 0) is 19.0 Å². The van der Waals surface area contributed by atoms with Crippen molar-refractivity contribution in [3.8, 4) is 0 Å². The Labute approximate surface area is 93.8 Å². The molecule has 2 rings (SSSR count). The van der Waals surface area contributed by atoms with Gasteiger partial charge in [0.2, 0.25) is 0 Å². The smallest absolute Gasteiger partial charge is 0.0598 e. The Morgan fingerprint density at radius 2 is 1.87 bits per heavy atom. The van der Waals surface area contributed by atoms with E-state index in [1.165, 1.54) is 22.4 Å². The Balaban J connectivity index is 1.96. The van der Waals surface area contributed by atoms with E-state index in [-0.39, 0.29) is 9.52 Å². The predicted molar refractivity (Wildman–Crippen MR) is 68.3 cm³/mol. The van der Waals surface area contributed by atoms with E-state index in [1.54, 1.807) is 0 Å². The van der Waals surface area contributed by atoms with Crippen molar-refractivity contribution in [1.29, 1.82) is 0 Å². The third-order valence-corrected chi connectivity index (χ3v) is 4.38.